The Bertz CT molecular complexity index is 1070. The van der Waals surface area contributed by atoms with Gasteiger partial charge >= 0.3 is 5.97 Å². The first-order valence-electron chi connectivity index (χ1n) is 9.37. The van der Waals surface area contributed by atoms with Crippen LogP contribution in [0.2, 0.25) is 0 Å². The zero-order chi connectivity index (χ0) is 18.1. The SMILES string of the molecule is CC[C@@]12CCC[n+]3cc(O)c4c5ccccc5n(c4c31)[C@H](C(=O)OC)C2.[Cl-]. The largest absolute Gasteiger partial charge is 1.00 e. The highest BCUT2D eigenvalue weighted by atomic mass is 35.5. The van der Waals surface area contributed by atoms with Gasteiger partial charge in [-0.05, 0) is 25.3 Å². The van der Waals surface area contributed by atoms with Crippen molar-refractivity contribution >= 4 is 27.8 Å². The lowest BCUT2D eigenvalue weighted by atomic mass is 9.68. The van der Waals surface area contributed by atoms with Crippen molar-refractivity contribution in [2.24, 2.45) is 0 Å². The zero-order valence-electron chi connectivity index (χ0n) is 15.5. The second-order valence-corrected chi connectivity index (χ2v) is 7.65. The van der Waals surface area contributed by atoms with Gasteiger partial charge in [0.05, 0.1) is 23.4 Å². The first-order chi connectivity index (χ1) is 12.6. The highest BCUT2D eigenvalue weighted by Crippen LogP contribution is 2.51. The lowest BCUT2D eigenvalue weighted by molar-refractivity contribution is -0.713. The van der Waals surface area contributed by atoms with Gasteiger partial charge in [0.1, 0.15) is 18.1 Å². The van der Waals surface area contributed by atoms with Crippen LogP contribution in [0, 0.1) is 0 Å². The van der Waals surface area contributed by atoms with E-state index in [1.54, 1.807) is 0 Å². The van der Waals surface area contributed by atoms with Gasteiger partial charge in [0.15, 0.2) is 5.75 Å². The smallest absolute Gasteiger partial charge is 0.328 e. The molecule has 0 spiro atoms. The molecule has 2 aliphatic rings. The molecule has 1 N–H and O–H groups in total. The van der Waals surface area contributed by atoms with Crippen LogP contribution >= 0.6 is 0 Å². The lowest BCUT2D eigenvalue weighted by Gasteiger charge is -2.40. The highest BCUT2D eigenvalue weighted by molar-refractivity contribution is 6.12. The number of esters is 1. The number of fused-ring (bicyclic) bond motifs is 3. The quantitative estimate of drug-likeness (QED) is 0.511. The summed E-state index contributed by atoms with van der Waals surface area (Å²) >= 11 is 0. The number of hydrogen-bond acceptors (Lipinski definition) is 3. The maximum Gasteiger partial charge on any atom is 0.328 e. The number of para-hydroxylation sites is 1. The van der Waals surface area contributed by atoms with Crippen molar-refractivity contribution in [3.63, 3.8) is 0 Å². The Morgan fingerprint density at radius 3 is 2.93 bits per heavy atom. The molecule has 0 fully saturated rings. The number of rotatable bonds is 2. The molecule has 0 aliphatic carbocycles. The topological polar surface area (TPSA) is 55.3 Å². The third kappa shape index (κ3) is 2.18. The highest BCUT2D eigenvalue weighted by Gasteiger charge is 2.51. The fraction of sp³-hybridized carbons (Fsp3) is 0.429. The number of methoxy groups -OCH3 is 1. The second-order valence-electron chi connectivity index (χ2n) is 7.65. The van der Waals surface area contributed by atoms with Crippen molar-refractivity contribution in [1.29, 1.82) is 0 Å². The monoisotopic (exact) mass is 386 g/mol. The fourth-order valence-electron chi connectivity index (χ4n) is 5.40. The van der Waals surface area contributed by atoms with Gasteiger partial charge in [0.2, 0.25) is 11.9 Å². The summed E-state index contributed by atoms with van der Waals surface area (Å²) in [6.45, 7) is 3.12. The van der Waals surface area contributed by atoms with Crippen LogP contribution in [0.25, 0.3) is 21.8 Å². The van der Waals surface area contributed by atoms with Crippen LogP contribution in [-0.4, -0.2) is 22.8 Å². The van der Waals surface area contributed by atoms with Crippen molar-refractivity contribution in [1.82, 2.24) is 4.57 Å². The number of benzene rings is 1. The maximum absolute atomic E-state index is 12.8. The number of aromatic hydroxyl groups is 1. The van der Waals surface area contributed by atoms with Crippen molar-refractivity contribution in [3.8, 4) is 5.75 Å². The predicted molar refractivity (Wildman–Crippen MR) is 98.2 cm³/mol. The van der Waals surface area contributed by atoms with Crippen LogP contribution in [-0.2, 0) is 21.5 Å². The molecule has 5 rings (SSSR count). The Kier molecular flexibility index (Phi) is 4.11. The third-order valence-corrected chi connectivity index (χ3v) is 6.56. The van der Waals surface area contributed by atoms with E-state index in [9.17, 15) is 9.90 Å². The van der Waals surface area contributed by atoms with Crippen LogP contribution < -0.4 is 17.0 Å². The average molecular weight is 387 g/mol. The van der Waals surface area contributed by atoms with Gasteiger partial charge < -0.3 is 26.8 Å². The van der Waals surface area contributed by atoms with Crippen molar-refractivity contribution < 1.29 is 31.6 Å². The molecule has 0 saturated heterocycles. The summed E-state index contributed by atoms with van der Waals surface area (Å²) in [5, 5.41) is 12.7. The zero-order valence-corrected chi connectivity index (χ0v) is 16.3. The third-order valence-electron chi connectivity index (χ3n) is 6.56. The number of aryl methyl sites for hydroxylation is 1. The molecule has 2 aliphatic heterocycles. The number of carbonyl (C=O) groups is 1. The molecule has 142 valence electrons. The number of carbonyl (C=O) groups excluding carboxylic acids is 1. The van der Waals surface area contributed by atoms with Gasteiger partial charge in [0.25, 0.3) is 0 Å². The van der Waals surface area contributed by atoms with Crippen LogP contribution in [0.1, 0.15) is 44.3 Å². The van der Waals surface area contributed by atoms with Crippen molar-refractivity contribution in [3.05, 3.63) is 36.2 Å². The first kappa shape index (κ1) is 18.1. The molecule has 0 amide bonds. The van der Waals surface area contributed by atoms with Crippen molar-refractivity contribution in [2.75, 3.05) is 7.11 Å². The van der Waals surface area contributed by atoms with Crippen LogP contribution in [0.15, 0.2) is 30.5 Å². The van der Waals surface area contributed by atoms with E-state index in [0.717, 1.165) is 54.0 Å². The molecule has 0 unspecified atom stereocenters. The summed E-state index contributed by atoms with van der Waals surface area (Å²) < 4.78 is 9.51. The summed E-state index contributed by atoms with van der Waals surface area (Å²) in [4.78, 5) is 12.8. The normalized spacial score (nSPS) is 23.3. The van der Waals surface area contributed by atoms with E-state index >= 15 is 0 Å². The molecule has 6 heteroatoms. The number of ether oxygens (including phenoxy) is 1. The van der Waals surface area contributed by atoms with Gasteiger partial charge in [-0.25, -0.2) is 4.79 Å². The Morgan fingerprint density at radius 2 is 2.19 bits per heavy atom. The van der Waals surface area contributed by atoms with E-state index < -0.39 is 0 Å². The minimum Gasteiger partial charge on any atom is -1.00 e. The van der Waals surface area contributed by atoms with Gasteiger partial charge in [-0.3, -0.25) is 0 Å². The maximum atomic E-state index is 12.8. The van der Waals surface area contributed by atoms with E-state index in [-0.39, 0.29) is 35.6 Å². The number of nitrogens with zero attached hydrogens (tertiary/aromatic N) is 2. The number of aromatic nitrogens is 2. The minimum absolute atomic E-state index is 0. The number of hydrogen-bond donors (Lipinski definition) is 1. The van der Waals surface area contributed by atoms with Crippen LogP contribution in [0.3, 0.4) is 0 Å². The lowest BCUT2D eigenvalue weighted by Crippen LogP contribution is -3.00. The molecule has 27 heavy (non-hydrogen) atoms. The molecule has 4 heterocycles. The van der Waals surface area contributed by atoms with Crippen LogP contribution in [0.4, 0.5) is 0 Å². The summed E-state index contributed by atoms with van der Waals surface area (Å²) in [6, 6.07) is 7.67. The summed E-state index contributed by atoms with van der Waals surface area (Å²) in [5.74, 6) is 0.0858. The first-order valence-corrected chi connectivity index (χ1v) is 9.37. The van der Waals surface area contributed by atoms with E-state index in [1.165, 1.54) is 12.8 Å². The van der Waals surface area contributed by atoms with Gasteiger partial charge in [0, 0.05) is 11.8 Å². The Morgan fingerprint density at radius 1 is 1.41 bits per heavy atom. The second kappa shape index (κ2) is 6.13. The van der Waals surface area contributed by atoms with E-state index in [1.807, 2.05) is 30.5 Å². The molecule has 3 aromatic rings. The average Bonchev–Trinajstić information content (AvgIpc) is 3.02. The van der Waals surface area contributed by atoms with Gasteiger partial charge in [-0.15, -0.1) is 0 Å². The molecule has 2 atom stereocenters. The molecule has 0 radical (unpaired) electrons. The van der Waals surface area contributed by atoms with Gasteiger partial charge in [-0.2, -0.15) is 4.57 Å². The molecule has 1 aromatic carbocycles. The van der Waals surface area contributed by atoms with Gasteiger partial charge in [-0.1, -0.05) is 25.1 Å². The molecular weight excluding hydrogens is 364 g/mol. The van der Waals surface area contributed by atoms with E-state index in [0.29, 0.717) is 0 Å². The minimum atomic E-state index is -0.358. The number of halogens is 1. The Hall–Kier alpha value is -2.27. The summed E-state index contributed by atoms with van der Waals surface area (Å²) in [7, 11) is 1.46. The standard InChI is InChI=1S/C21H22N2O3.ClH/c1-3-21-9-6-10-22-12-16(24)17-13-7-4-5-8-14(13)23(18(17)19(21)22)15(11-21)20(25)26-2;/h4-5,7-8,12,15H,3,6,9-11H2,1-2H3;1H/t15-,21-;/m0./s1. The molecule has 0 bridgehead atoms. The van der Waals surface area contributed by atoms with E-state index in [4.69, 9.17) is 4.74 Å². The molecule has 5 nitrogen and oxygen atoms in total. The summed E-state index contributed by atoms with van der Waals surface area (Å²) in [5.41, 5.74) is 3.22. The fourth-order valence-corrected chi connectivity index (χ4v) is 5.40. The van der Waals surface area contributed by atoms with Crippen LogP contribution in [0.5, 0.6) is 5.75 Å². The number of pyridine rings is 1. The summed E-state index contributed by atoms with van der Waals surface area (Å²) in [6.07, 6.45) is 5.74. The predicted octanol–water partition coefficient (Wildman–Crippen LogP) is 0.351. The molecule has 0 saturated carbocycles. The Labute approximate surface area is 164 Å². The van der Waals surface area contributed by atoms with E-state index in [2.05, 4.69) is 16.1 Å². The Balaban J connectivity index is 0.00000180. The van der Waals surface area contributed by atoms with Crippen molar-refractivity contribution in [2.45, 2.75) is 50.6 Å². The molecular formula is C21H23ClN2O3. The molecule has 2 aromatic heterocycles.